The van der Waals surface area contributed by atoms with Crippen LogP contribution in [0.25, 0.3) is 0 Å². The summed E-state index contributed by atoms with van der Waals surface area (Å²) < 4.78 is 0. The van der Waals surface area contributed by atoms with E-state index in [2.05, 4.69) is 25.1 Å². The smallest absolute Gasteiger partial charge is 0.310 e. The first-order valence-electron chi connectivity index (χ1n) is 6.57. The summed E-state index contributed by atoms with van der Waals surface area (Å²) in [5.41, 5.74) is 3.60. The van der Waals surface area contributed by atoms with Gasteiger partial charge in [-0.3, -0.25) is 4.79 Å². The van der Waals surface area contributed by atoms with Gasteiger partial charge in [0.15, 0.2) is 0 Å². The van der Waals surface area contributed by atoms with Gasteiger partial charge in [0.05, 0.1) is 5.92 Å². The van der Waals surface area contributed by atoms with Crippen LogP contribution in [0.4, 0.5) is 0 Å². The maximum absolute atomic E-state index is 11.2. The van der Waals surface area contributed by atoms with E-state index in [1.807, 2.05) is 0 Å². The van der Waals surface area contributed by atoms with Gasteiger partial charge in [-0.1, -0.05) is 31.5 Å². The summed E-state index contributed by atoms with van der Waals surface area (Å²) in [6, 6.07) is 6.43. The third kappa shape index (κ3) is 2.68. The highest BCUT2D eigenvalue weighted by atomic mass is 16.4. The van der Waals surface area contributed by atoms with E-state index in [-0.39, 0.29) is 5.92 Å². The fourth-order valence-electron chi connectivity index (χ4n) is 2.64. The Morgan fingerprint density at radius 2 is 2.29 bits per heavy atom. The third-order valence-electron chi connectivity index (χ3n) is 3.64. The zero-order valence-corrected chi connectivity index (χ0v) is 10.4. The predicted molar refractivity (Wildman–Crippen MR) is 68.4 cm³/mol. The van der Waals surface area contributed by atoms with Crippen LogP contribution in [0.2, 0.25) is 0 Å². The molecule has 92 valence electrons. The Balaban J connectivity index is 2.27. The van der Waals surface area contributed by atoms with Crippen LogP contribution in [0, 0.1) is 0 Å². The molecule has 17 heavy (non-hydrogen) atoms. The van der Waals surface area contributed by atoms with E-state index in [1.54, 1.807) is 0 Å². The van der Waals surface area contributed by atoms with Crippen LogP contribution < -0.4 is 0 Å². The molecule has 2 nitrogen and oxygen atoms in total. The largest absolute Gasteiger partial charge is 0.481 e. The maximum atomic E-state index is 11.2. The highest BCUT2D eigenvalue weighted by Gasteiger charge is 2.25. The Bertz CT molecular complexity index is 409. The molecule has 1 aromatic carbocycles. The Hall–Kier alpha value is -1.31. The van der Waals surface area contributed by atoms with Crippen molar-refractivity contribution in [1.29, 1.82) is 0 Å². The lowest BCUT2D eigenvalue weighted by Crippen LogP contribution is -2.18. The van der Waals surface area contributed by atoms with Crippen LogP contribution in [0.15, 0.2) is 18.2 Å². The van der Waals surface area contributed by atoms with Crippen LogP contribution in [0.3, 0.4) is 0 Å². The summed E-state index contributed by atoms with van der Waals surface area (Å²) in [5, 5.41) is 9.25. The number of unbranched alkanes of at least 4 members (excludes halogenated alkanes) is 1. The van der Waals surface area contributed by atoms with Gasteiger partial charge in [0.1, 0.15) is 0 Å². The molecule has 0 saturated carbocycles. The molecule has 0 heterocycles. The third-order valence-corrected chi connectivity index (χ3v) is 3.64. The second-order valence-corrected chi connectivity index (χ2v) is 4.92. The van der Waals surface area contributed by atoms with Crippen molar-refractivity contribution in [1.82, 2.24) is 0 Å². The normalized spacial score (nSPS) is 18.8. The minimum atomic E-state index is -0.668. The minimum Gasteiger partial charge on any atom is -0.481 e. The van der Waals surface area contributed by atoms with Crippen LogP contribution in [-0.2, 0) is 17.6 Å². The molecule has 0 saturated heterocycles. The molecule has 1 aliphatic rings. The molecule has 1 aliphatic carbocycles. The predicted octanol–water partition coefficient (Wildman–Crippen LogP) is 3.53. The summed E-state index contributed by atoms with van der Waals surface area (Å²) in [6.45, 7) is 2.18. The molecule has 0 radical (unpaired) electrons. The Kier molecular flexibility index (Phi) is 3.82. The molecule has 0 amide bonds. The standard InChI is InChI=1S/C15H20O2/c1-2-3-5-11-8-9-12-6-4-7-13(15(16)17)14(12)10-11/h8-10,13H,2-7H2,1H3,(H,16,17). The number of carboxylic acids is 1. The molecule has 0 aliphatic heterocycles. The van der Waals surface area contributed by atoms with Gasteiger partial charge in [0.25, 0.3) is 0 Å². The summed E-state index contributed by atoms with van der Waals surface area (Å²) in [7, 11) is 0. The van der Waals surface area contributed by atoms with Crippen LogP contribution in [0.5, 0.6) is 0 Å². The summed E-state index contributed by atoms with van der Waals surface area (Å²) >= 11 is 0. The number of carboxylic acid groups (broad SMARTS) is 1. The van der Waals surface area contributed by atoms with Gasteiger partial charge in [0, 0.05) is 0 Å². The zero-order valence-electron chi connectivity index (χ0n) is 10.4. The second-order valence-electron chi connectivity index (χ2n) is 4.92. The van der Waals surface area contributed by atoms with Gasteiger partial charge in [-0.15, -0.1) is 0 Å². The Morgan fingerprint density at radius 3 is 3.00 bits per heavy atom. The lowest BCUT2D eigenvalue weighted by atomic mass is 9.81. The van der Waals surface area contributed by atoms with E-state index in [9.17, 15) is 9.90 Å². The fourth-order valence-corrected chi connectivity index (χ4v) is 2.64. The van der Waals surface area contributed by atoms with Crippen molar-refractivity contribution in [3.63, 3.8) is 0 Å². The van der Waals surface area contributed by atoms with Crippen molar-refractivity contribution in [3.05, 3.63) is 34.9 Å². The monoisotopic (exact) mass is 232 g/mol. The van der Waals surface area contributed by atoms with Crippen LogP contribution in [-0.4, -0.2) is 11.1 Å². The molecule has 0 bridgehead atoms. The second kappa shape index (κ2) is 5.35. The molecular weight excluding hydrogens is 212 g/mol. The van der Waals surface area contributed by atoms with E-state index in [4.69, 9.17) is 0 Å². The molecule has 2 rings (SSSR count). The number of carbonyl (C=O) groups is 1. The van der Waals surface area contributed by atoms with Crippen LogP contribution in [0.1, 0.15) is 55.2 Å². The van der Waals surface area contributed by atoms with Crippen LogP contribution >= 0.6 is 0 Å². The fraction of sp³-hybridized carbons (Fsp3) is 0.533. The minimum absolute atomic E-state index is 0.277. The number of aryl methyl sites for hydroxylation is 2. The zero-order chi connectivity index (χ0) is 12.3. The lowest BCUT2D eigenvalue weighted by Gasteiger charge is -2.23. The van der Waals surface area contributed by atoms with Crippen molar-refractivity contribution >= 4 is 5.97 Å². The number of fused-ring (bicyclic) bond motifs is 1. The molecule has 1 aromatic rings. The number of hydrogen-bond acceptors (Lipinski definition) is 1. The van der Waals surface area contributed by atoms with Gasteiger partial charge in [-0.25, -0.2) is 0 Å². The van der Waals surface area contributed by atoms with Gasteiger partial charge < -0.3 is 5.11 Å². The number of benzene rings is 1. The van der Waals surface area contributed by atoms with Gasteiger partial charge in [-0.2, -0.15) is 0 Å². The average molecular weight is 232 g/mol. The quantitative estimate of drug-likeness (QED) is 0.862. The molecule has 0 aromatic heterocycles. The molecule has 0 fully saturated rings. The summed E-state index contributed by atoms with van der Waals surface area (Å²) in [4.78, 5) is 11.2. The van der Waals surface area contributed by atoms with Crippen molar-refractivity contribution < 1.29 is 9.90 Å². The average Bonchev–Trinajstić information content (AvgIpc) is 2.35. The van der Waals surface area contributed by atoms with E-state index in [0.29, 0.717) is 0 Å². The topological polar surface area (TPSA) is 37.3 Å². The van der Waals surface area contributed by atoms with Gasteiger partial charge >= 0.3 is 5.97 Å². The van der Waals surface area contributed by atoms with E-state index >= 15 is 0 Å². The number of rotatable bonds is 4. The molecule has 1 atom stereocenters. The number of aliphatic carboxylic acids is 1. The highest BCUT2D eigenvalue weighted by molar-refractivity contribution is 5.77. The van der Waals surface area contributed by atoms with Gasteiger partial charge in [-0.05, 0) is 48.8 Å². The van der Waals surface area contributed by atoms with E-state index in [0.717, 1.165) is 31.2 Å². The van der Waals surface area contributed by atoms with Crippen molar-refractivity contribution in [2.75, 3.05) is 0 Å². The Labute approximate surface area is 103 Å². The molecule has 1 unspecified atom stereocenters. The highest BCUT2D eigenvalue weighted by Crippen LogP contribution is 2.32. The SMILES string of the molecule is CCCCc1ccc2c(c1)C(C(=O)O)CCC2. The van der Waals surface area contributed by atoms with E-state index in [1.165, 1.54) is 24.0 Å². The maximum Gasteiger partial charge on any atom is 0.310 e. The molecule has 2 heteroatoms. The van der Waals surface area contributed by atoms with Gasteiger partial charge in [0.2, 0.25) is 0 Å². The van der Waals surface area contributed by atoms with Crippen molar-refractivity contribution in [3.8, 4) is 0 Å². The Morgan fingerprint density at radius 1 is 1.47 bits per heavy atom. The molecule has 0 spiro atoms. The first-order chi connectivity index (χ1) is 8.22. The first-order valence-corrected chi connectivity index (χ1v) is 6.57. The van der Waals surface area contributed by atoms with E-state index < -0.39 is 5.97 Å². The summed E-state index contributed by atoms with van der Waals surface area (Å²) in [5.74, 6) is -0.945. The molecule has 1 N–H and O–H groups in total. The lowest BCUT2D eigenvalue weighted by molar-refractivity contribution is -0.139. The van der Waals surface area contributed by atoms with Crippen molar-refractivity contribution in [2.24, 2.45) is 0 Å². The van der Waals surface area contributed by atoms with Crippen molar-refractivity contribution in [2.45, 2.75) is 51.4 Å². The number of hydrogen-bond donors (Lipinski definition) is 1. The summed E-state index contributed by atoms with van der Waals surface area (Å²) in [6.07, 6.45) is 6.25. The first kappa shape index (κ1) is 12.2. The molecular formula is C15H20O2.